The Balaban J connectivity index is 0.990. The summed E-state index contributed by atoms with van der Waals surface area (Å²) in [4.78, 5) is 16.3. The fraction of sp³-hybridized carbons (Fsp3) is 0.160. The van der Waals surface area contributed by atoms with Gasteiger partial charge in [0.15, 0.2) is 5.58 Å². The number of hydrogen-bond donors (Lipinski definition) is 0. The molecule has 0 saturated carbocycles. The first-order valence-electron chi connectivity index (χ1n) is 28.9. The van der Waals surface area contributed by atoms with Gasteiger partial charge in [-0.15, -0.1) is 0 Å². The SMILES string of the molecule is CC(C)c1cc(-c2ccccc2)cc(C(C)C)c1-n1c(-c2cccc(Oc3cc(-c4nc5ccccc5n4-c4c(C(C)C)cc(-c5ccccc5)cc4C(C)C)c4oc5c(ccc6cc7ccccc7nc65)c4c3)c2)nc2ccccc21. The third-order valence-electron chi connectivity index (χ3n) is 16.4. The molecule has 14 aromatic rings. The highest BCUT2D eigenvalue weighted by atomic mass is 16.5. The monoisotopic (exact) mass is 1070 g/mol. The summed E-state index contributed by atoms with van der Waals surface area (Å²) >= 11 is 0. The van der Waals surface area contributed by atoms with Crippen molar-refractivity contribution in [1.82, 2.24) is 24.1 Å². The van der Waals surface area contributed by atoms with Gasteiger partial charge in [-0.1, -0.05) is 177 Å². The summed E-state index contributed by atoms with van der Waals surface area (Å²) in [7, 11) is 0. The predicted molar refractivity (Wildman–Crippen MR) is 340 cm³/mol. The number of fused-ring (bicyclic) bond motifs is 8. The van der Waals surface area contributed by atoms with Crippen LogP contribution in [-0.2, 0) is 0 Å². The molecule has 4 heterocycles. The number of benzene rings is 10. The van der Waals surface area contributed by atoms with Crippen molar-refractivity contribution in [3.63, 3.8) is 0 Å². The summed E-state index contributed by atoms with van der Waals surface area (Å²) < 4.78 is 19.3. The molecule has 0 radical (unpaired) electrons. The Hall–Kier alpha value is -9.59. The predicted octanol–water partition coefficient (Wildman–Crippen LogP) is 20.9. The van der Waals surface area contributed by atoms with E-state index in [-0.39, 0.29) is 23.7 Å². The molecule has 7 nitrogen and oxygen atoms in total. The van der Waals surface area contributed by atoms with E-state index in [0.29, 0.717) is 17.1 Å². The molecule has 0 N–H and O–H groups in total. The van der Waals surface area contributed by atoms with E-state index in [1.807, 2.05) is 12.1 Å². The van der Waals surface area contributed by atoms with Crippen LogP contribution in [0.3, 0.4) is 0 Å². The van der Waals surface area contributed by atoms with Crippen LogP contribution < -0.4 is 4.74 Å². The van der Waals surface area contributed by atoms with E-state index in [9.17, 15) is 0 Å². The number of para-hydroxylation sites is 5. The first-order valence-corrected chi connectivity index (χ1v) is 28.9. The minimum absolute atomic E-state index is 0.182. The van der Waals surface area contributed by atoms with Crippen molar-refractivity contribution < 1.29 is 9.15 Å². The van der Waals surface area contributed by atoms with Crippen LogP contribution >= 0.6 is 0 Å². The van der Waals surface area contributed by atoms with Gasteiger partial charge in [0.2, 0.25) is 0 Å². The fourth-order valence-electron chi connectivity index (χ4n) is 12.3. The highest BCUT2D eigenvalue weighted by molar-refractivity contribution is 6.17. The lowest BCUT2D eigenvalue weighted by atomic mass is 9.88. The number of nitrogens with zero attached hydrogens (tertiary/aromatic N) is 5. The van der Waals surface area contributed by atoms with E-state index in [4.69, 9.17) is 24.1 Å². The zero-order chi connectivity index (χ0) is 55.9. The van der Waals surface area contributed by atoms with Crippen LogP contribution in [0, 0.1) is 0 Å². The zero-order valence-electron chi connectivity index (χ0n) is 47.6. The molecule has 0 bridgehead atoms. The van der Waals surface area contributed by atoms with Crippen LogP contribution in [0.25, 0.3) is 122 Å². The number of imidazole rings is 2. The second-order valence-corrected chi connectivity index (χ2v) is 23.2. The van der Waals surface area contributed by atoms with Crippen molar-refractivity contribution in [2.45, 2.75) is 79.1 Å². The van der Waals surface area contributed by atoms with Gasteiger partial charge < -0.3 is 9.15 Å². The normalized spacial score (nSPS) is 12.1. The van der Waals surface area contributed by atoms with Gasteiger partial charge in [-0.2, -0.15) is 0 Å². The molecule has 0 atom stereocenters. The second kappa shape index (κ2) is 20.2. The van der Waals surface area contributed by atoms with Crippen molar-refractivity contribution in [2.75, 3.05) is 0 Å². The quantitative estimate of drug-likeness (QED) is 0.114. The van der Waals surface area contributed by atoms with Gasteiger partial charge in [0.05, 0.1) is 44.5 Å². The number of aromatic nitrogens is 5. The number of furan rings is 1. The van der Waals surface area contributed by atoms with Crippen molar-refractivity contribution in [2.24, 2.45) is 0 Å². The van der Waals surface area contributed by atoms with Gasteiger partial charge in [-0.05, 0) is 159 Å². The van der Waals surface area contributed by atoms with Crippen molar-refractivity contribution in [3.05, 3.63) is 235 Å². The lowest BCUT2D eigenvalue weighted by Gasteiger charge is -2.24. The number of rotatable bonds is 12. The molecule has 0 aliphatic rings. The van der Waals surface area contributed by atoms with Gasteiger partial charge in [0.1, 0.15) is 34.2 Å². The number of hydrogen-bond acceptors (Lipinski definition) is 5. The van der Waals surface area contributed by atoms with Gasteiger partial charge in [0.25, 0.3) is 0 Å². The van der Waals surface area contributed by atoms with E-state index < -0.39 is 0 Å². The van der Waals surface area contributed by atoms with Gasteiger partial charge in [0, 0.05) is 27.1 Å². The summed E-state index contributed by atoms with van der Waals surface area (Å²) in [5.41, 5.74) is 20.9. The molecular formula is C75H63N5O2. The minimum Gasteiger partial charge on any atom is -0.457 e. The molecule has 0 spiro atoms. The molecule has 82 heavy (non-hydrogen) atoms. The molecular weight excluding hydrogens is 1000 g/mol. The Morgan fingerprint density at radius 3 is 1.43 bits per heavy atom. The van der Waals surface area contributed by atoms with E-state index >= 15 is 0 Å². The number of ether oxygens (including phenoxy) is 1. The third-order valence-corrected chi connectivity index (χ3v) is 16.4. The van der Waals surface area contributed by atoms with Crippen LogP contribution in [-0.4, -0.2) is 24.1 Å². The molecule has 0 fully saturated rings. The van der Waals surface area contributed by atoms with Gasteiger partial charge in [-0.3, -0.25) is 9.13 Å². The second-order valence-electron chi connectivity index (χ2n) is 23.2. The number of pyridine rings is 1. The minimum atomic E-state index is 0.182. The highest BCUT2D eigenvalue weighted by Gasteiger charge is 2.28. The topological polar surface area (TPSA) is 70.9 Å². The molecule has 10 aromatic carbocycles. The van der Waals surface area contributed by atoms with Crippen molar-refractivity contribution in [3.8, 4) is 67.9 Å². The van der Waals surface area contributed by atoms with E-state index in [1.54, 1.807) is 0 Å². The Kier molecular flexibility index (Phi) is 12.5. The molecule has 0 amide bonds. The highest BCUT2D eigenvalue weighted by Crippen LogP contribution is 2.47. The lowest BCUT2D eigenvalue weighted by Crippen LogP contribution is -2.09. The third kappa shape index (κ3) is 8.62. The Morgan fingerprint density at radius 1 is 0.354 bits per heavy atom. The Morgan fingerprint density at radius 2 is 0.854 bits per heavy atom. The average molecular weight is 1070 g/mol. The van der Waals surface area contributed by atoms with Crippen molar-refractivity contribution >= 4 is 65.8 Å². The summed E-state index contributed by atoms with van der Waals surface area (Å²) in [5, 5.41) is 3.94. The molecule has 0 saturated heterocycles. The maximum Gasteiger partial charge on any atom is 0.161 e. The Labute approximate surface area is 478 Å². The lowest BCUT2D eigenvalue weighted by molar-refractivity contribution is 0.483. The van der Waals surface area contributed by atoms with Crippen LogP contribution in [0.2, 0.25) is 0 Å². The van der Waals surface area contributed by atoms with Crippen LogP contribution in [0.5, 0.6) is 11.5 Å². The maximum atomic E-state index is 7.29. The van der Waals surface area contributed by atoms with Gasteiger partial charge >= 0.3 is 0 Å². The largest absolute Gasteiger partial charge is 0.457 e. The van der Waals surface area contributed by atoms with E-state index in [2.05, 4.69) is 265 Å². The standard InChI is InChI=1S/C75H63N5O2/c1-44(2)58-38-53(48-22-11-9-12-23-48)39-59(45(3)4)70(58)79-67-32-19-17-30-65(67)77-74(79)52-27-21-28-55(37-52)81-56-42-62-57-35-34-51-36-50-26-15-16-29-64(50)76-69(51)73(57)82-72(62)63(43-56)75-78-66-31-18-20-33-68(66)80(75)71-60(46(5)6)40-54(41-61(71)47(7)8)49-24-13-10-14-25-49/h9-47H,1-8H3. The summed E-state index contributed by atoms with van der Waals surface area (Å²) in [6, 6.07) is 75.4. The van der Waals surface area contributed by atoms with E-state index in [1.165, 1.54) is 50.2 Å². The van der Waals surface area contributed by atoms with Crippen LogP contribution in [0.15, 0.2) is 217 Å². The van der Waals surface area contributed by atoms with Gasteiger partial charge in [-0.25, -0.2) is 15.0 Å². The first-order chi connectivity index (χ1) is 39.9. The van der Waals surface area contributed by atoms with E-state index in [0.717, 1.165) is 88.7 Å². The Bertz CT molecular complexity index is 4730. The molecule has 400 valence electrons. The summed E-state index contributed by atoms with van der Waals surface area (Å²) in [6.07, 6.45) is 0. The first kappa shape index (κ1) is 50.6. The summed E-state index contributed by atoms with van der Waals surface area (Å²) in [5.74, 6) is 3.75. The molecule has 14 rings (SSSR count). The van der Waals surface area contributed by atoms with Crippen LogP contribution in [0.1, 0.15) is 101 Å². The summed E-state index contributed by atoms with van der Waals surface area (Å²) in [6.45, 7) is 18.4. The van der Waals surface area contributed by atoms with Crippen molar-refractivity contribution in [1.29, 1.82) is 0 Å². The average Bonchev–Trinajstić information content (AvgIpc) is 2.48. The molecule has 0 aliphatic heterocycles. The smallest absolute Gasteiger partial charge is 0.161 e. The molecule has 4 aromatic heterocycles. The zero-order valence-corrected chi connectivity index (χ0v) is 47.6. The molecule has 0 aliphatic carbocycles. The molecule has 7 heteroatoms. The molecule has 0 unspecified atom stereocenters. The fourth-order valence-corrected chi connectivity index (χ4v) is 12.3. The maximum absolute atomic E-state index is 7.29. The van der Waals surface area contributed by atoms with Crippen LogP contribution in [0.4, 0.5) is 0 Å².